The summed E-state index contributed by atoms with van der Waals surface area (Å²) in [7, 11) is 0. The van der Waals surface area contributed by atoms with E-state index in [1.165, 1.54) is 19.3 Å². The third-order valence-corrected chi connectivity index (χ3v) is 3.47. The number of imidazole rings is 1. The average molecular weight is 257 g/mol. The van der Waals surface area contributed by atoms with Crippen molar-refractivity contribution in [1.82, 2.24) is 15.0 Å². The van der Waals surface area contributed by atoms with Gasteiger partial charge in [-0.3, -0.25) is 0 Å². The summed E-state index contributed by atoms with van der Waals surface area (Å²) in [6, 6.07) is 4.19. The molecule has 2 aromatic heterocycles. The summed E-state index contributed by atoms with van der Waals surface area (Å²) in [4.78, 5) is 14.0. The topological polar surface area (TPSA) is 56.8 Å². The number of hydrogen-bond acceptors (Lipinski definition) is 4. The van der Waals surface area contributed by atoms with Gasteiger partial charge in [0.25, 0.3) is 0 Å². The minimum Gasteiger partial charge on any atom is -0.378 e. The predicted octanol–water partition coefficient (Wildman–Crippen LogP) is 2.41. The van der Waals surface area contributed by atoms with Crippen LogP contribution in [0.3, 0.4) is 0 Å². The minimum atomic E-state index is 0.741. The molecule has 1 aliphatic heterocycles. The van der Waals surface area contributed by atoms with Crippen LogP contribution in [-0.2, 0) is 6.54 Å². The first-order chi connectivity index (χ1) is 9.42. The Morgan fingerprint density at radius 2 is 2.05 bits per heavy atom. The van der Waals surface area contributed by atoms with E-state index in [1.54, 1.807) is 6.33 Å². The van der Waals surface area contributed by atoms with Crippen LogP contribution in [-0.4, -0.2) is 28.0 Å². The Morgan fingerprint density at radius 1 is 1.16 bits per heavy atom. The first-order valence-corrected chi connectivity index (χ1v) is 6.84. The summed E-state index contributed by atoms with van der Waals surface area (Å²) >= 11 is 0. The highest BCUT2D eigenvalue weighted by Crippen LogP contribution is 2.19. The lowest BCUT2D eigenvalue weighted by atomic mass is 10.1. The zero-order valence-corrected chi connectivity index (χ0v) is 11.0. The van der Waals surface area contributed by atoms with Crippen LogP contribution < -0.4 is 10.2 Å². The molecule has 0 atom stereocenters. The van der Waals surface area contributed by atoms with Gasteiger partial charge in [-0.2, -0.15) is 0 Å². The van der Waals surface area contributed by atoms with Gasteiger partial charge in [0, 0.05) is 19.3 Å². The van der Waals surface area contributed by atoms with E-state index in [-0.39, 0.29) is 0 Å². The number of aromatic amines is 1. The van der Waals surface area contributed by atoms with Crippen LogP contribution in [0, 0.1) is 0 Å². The van der Waals surface area contributed by atoms with E-state index < -0.39 is 0 Å². The number of H-pyrrole nitrogens is 1. The van der Waals surface area contributed by atoms with E-state index in [0.717, 1.165) is 36.8 Å². The van der Waals surface area contributed by atoms with Gasteiger partial charge in [0.1, 0.15) is 5.82 Å². The second-order valence-corrected chi connectivity index (χ2v) is 4.88. The van der Waals surface area contributed by atoms with Gasteiger partial charge in [-0.05, 0) is 31.4 Å². The molecule has 1 saturated heterocycles. The first-order valence-electron chi connectivity index (χ1n) is 6.84. The maximum absolute atomic E-state index is 4.54. The Labute approximate surface area is 113 Å². The van der Waals surface area contributed by atoms with Crippen molar-refractivity contribution < 1.29 is 0 Å². The lowest BCUT2D eigenvalue weighted by Crippen LogP contribution is -2.30. The van der Waals surface area contributed by atoms with E-state index in [9.17, 15) is 0 Å². The second kappa shape index (κ2) is 5.73. The molecule has 5 heteroatoms. The van der Waals surface area contributed by atoms with Crippen LogP contribution in [0.1, 0.15) is 25.0 Å². The smallest absolute Gasteiger partial charge is 0.128 e. The third kappa shape index (κ3) is 3.05. The molecule has 1 aliphatic rings. The highest BCUT2D eigenvalue weighted by Gasteiger charge is 2.11. The van der Waals surface area contributed by atoms with Gasteiger partial charge in [0.2, 0.25) is 0 Å². The molecule has 0 radical (unpaired) electrons. The summed E-state index contributed by atoms with van der Waals surface area (Å²) in [5, 5.41) is 3.32. The Bertz CT molecular complexity index is 485. The van der Waals surface area contributed by atoms with Gasteiger partial charge < -0.3 is 15.2 Å². The number of rotatable bonds is 4. The first kappa shape index (κ1) is 12.0. The van der Waals surface area contributed by atoms with E-state index in [1.807, 2.05) is 12.4 Å². The second-order valence-electron chi connectivity index (χ2n) is 4.88. The molecule has 0 amide bonds. The summed E-state index contributed by atoms with van der Waals surface area (Å²) < 4.78 is 0. The monoisotopic (exact) mass is 257 g/mol. The van der Waals surface area contributed by atoms with Crippen molar-refractivity contribution in [2.75, 3.05) is 23.3 Å². The molecule has 0 aliphatic carbocycles. The molecule has 0 unspecified atom stereocenters. The van der Waals surface area contributed by atoms with Crippen molar-refractivity contribution >= 4 is 11.5 Å². The summed E-state index contributed by atoms with van der Waals surface area (Å²) in [5.41, 5.74) is 2.11. The van der Waals surface area contributed by atoms with Gasteiger partial charge >= 0.3 is 0 Å². The van der Waals surface area contributed by atoms with Crippen molar-refractivity contribution in [2.24, 2.45) is 0 Å². The molecule has 5 nitrogen and oxygen atoms in total. The Balaban J connectivity index is 1.58. The van der Waals surface area contributed by atoms with Crippen LogP contribution >= 0.6 is 0 Å². The number of piperidine rings is 1. The zero-order chi connectivity index (χ0) is 12.9. The quantitative estimate of drug-likeness (QED) is 0.883. The molecule has 0 spiro atoms. The van der Waals surface area contributed by atoms with Gasteiger partial charge in [0.15, 0.2) is 0 Å². The van der Waals surface area contributed by atoms with Crippen molar-refractivity contribution in [3.63, 3.8) is 0 Å². The van der Waals surface area contributed by atoms with Crippen molar-refractivity contribution in [2.45, 2.75) is 25.8 Å². The maximum atomic E-state index is 4.54. The molecule has 19 heavy (non-hydrogen) atoms. The number of anilines is 2. The lowest BCUT2D eigenvalue weighted by Gasteiger charge is -2.27. The highest BCUT2D eigenvalue weighted by atomic mass is 15.2. The fraction of sp³-hybridized carbons (Fsp3) is 0.429. The Kier molecular flexibility index (Phi) is 3.63. The molecular weight excluding hydrogens is 238 g/mol. The van der Waals surface area contributed by atoms with Crippen LogP contribution in [0.2, 0.25) is 0 Å². The zero-order valence-electron chi connectivity index (χ0n) is 11.0. The van der Waals surface area contributed by atoms with Gasteiger partial charge in [-0.1, -0.05) is 0 Å². The van der Waals surface area contributed by atoms with Gasteiger partial charge in [-0.15, -0.1) is 0 Å². The molecule has 0 aromatic carbocycles. The molecule has 100 valence electrons. The van der Waals surface area contributed by atoms with E-state index in [0.29, 0.717) is 0 Å². The third-order valence-electron chi connectivity index (χ3n) is 3.47. The largest absolute Gasteiger partial charge is 0.378 e. The number of nitrogens with one attached hydrogen (secondary N) is 2. The molecular formula is C14H19N5. The molecule has 2 N–H and O–H groups in total. The van der Waals surface area contributed by atoms with E-state index in [4.69, 9.17) is 0 Å². The molecule has 0 saturated carbocycles. The van der Waals surface area contributed by atoms with Gasteiger partial charge in [-0.25, -0.2) is 9.97 Å². The number of pyridine rings is 1. The summed E-state index contributed by atoms with van der Waals surface area (Å²) in [5.74, 6) is 1.09. The van der Waals surface area contributed by atoms with Gasteiger partial charge in [0.05, 0.1) is 30.5 Å². The molecule has 2 aromatic rings. The van der Waals surface area contributed by atoms with Crippen LogP contribution in [0.25, 0.3) is 0 Å². The van der Waals surface area contributed by atoms with E-state index >= 15 is 0 Å². The SMILES string of the molecule is c1ncc(CNc2ccc(N3CCCCC3)nc2)[nH]1. The number of nitrogens with zero attached hydrogens (tertiary/aromatic N) is 3. The normalized spacial score (nSPS) is 15.5. The highest BCUT2D eigenvalue weighted by molar-refractivity contribution is 5.48. The minimum absolute atomic E-state index is 0.741. The van der Waals surface area contributed by atoms with Crippen LogP contribution in [0.15, 0.2) is 30.9 Å². The standard InChI is InChI=1S/C14H19N5/c1-2-6-19(7-3-1)14-5-4-12(9-17-14)16-10-13-8-15-11-18-13/h4-5,8-9,11,16H,1-3,6-7,10H2,(H,15,18). The lowest BCUT2D eigenvalue weighted by molar-refractivity contribution is 0.573. The molecule has 3 heterocycles. The van der Waals surface area contributed by atoms with Crippen molar-refractivity contribution in [3.8, 4) is 0 Å². The van der Waals surface area contributed by atoms with Crippen LogP contribution in [0.4, 0.5) is 11.5 Å². The van der Waals surface area contributed by atoms with Crippen molar-refractivity contribution in [1.29, 1.82) is 0 Å². The average Bonchev–Trinajstić information content (AvgIpc) is 3.00. The van der Waals surface area contributed by atoms with E-state index in [2.05, 4.69) is 37.3 Å². The fourth-order valence-electron chi connectivity index (χ4n) is 2.38. The Morgan fingerprint density at radius 3 is 2.74 bits per heavy atom. The number of hydrogen-bond donors (Lipinski definition) is 2. The molecule has 1 fully saturated rings. The number of aromatic nitrogens is 3. The molecule has 0 bridgehead atoms. The van der Waals surface area contributed by atoms with Crippen molar-refractivity contribution in [3.05, 3.63) is 36.5 Å². The summed E-state index contributed by atoms with van der Waals surface area (Å²) in [6.45, 7) is 3.01. The molecule has 3 rings (SSSR count). The fourth-order valence-corrected chi connectivity index (χ4v) is 2.38. The summed E-state index contributed by atoms with van der Waals surface area (Å²) in [6.07, 6.45) is 9.32. The maximum Gasteiger partial charge on any atom is 0.128 e. The Hall–Kier alpha value is -2.04. The van der Waals surface area contributed by atoms with Crippen LogP contribution in [0.5, 0.6) is 0 Å². The predicted molar refractivity (Wildman–Crippen MR) is 76.2 cm³/mol.